The normalized spacial score (nSPS) is 13.2. The predicted molar refractivity (Wildman–Crippen MR) is 123 cm³/mol. The van der Waals surface area contributed by atoms with Gasteiger partial charge in [0.05, 0.1) is 30.4 Å². The van der Waals surface area contributed by atoms with Gasteiger partial charge in [-0.2, -0.15) is 0 Å². The van der Waals surface area contributed by atoms with Crippen LogP contribution in [0.5, 0.6) is 5.75 Å². The molecule has 0 spiro atoms. The molecule has 0 aliphatic heterocycles. The van der Waals surface area contributed by atoms with E-state index in [0.29, 0.717) is 16.0 Å². The second kappa shape index (κ2) is 11.4. The fourth-order valence-electron chi connectivity index (χ4n) is 3.29. The molecule has 2 atom stereocenters. The third-order valence-corrected chi connectivity index (χ3v) is 6.08. The summed E-state index contributed by atoms with van der Waals surface area (Å²) in [7, 11) is 0. The van der Waals surface area contributed by atoms with Gasteiger partial charge < -0.3 is 14.0 Å². The van der Waals surface area contributed by atoms with Crippen molar-refractivity contribution in [2.75, 3.05) is 6.61 Å². The van der Waals surface area contributed by atoms with Crippen molar-refractivity contribution < 1.29 is 32.0 Å². The lowest BCUT2D eigenvalue weighted by atomic mass is 9.97. The van der Waals surface area contributed by atoms with Crippen LogP contribution in [0.25, 0.3) is 11.1 Å². The van der Waals surface area contributed by atoms with Gasteiger partial charge in [-0.15, -0.1) is 17.9 Å². The van der Waals surface area contributed by atoms with Gasteiger partial charge >= 0.3 is 12.3 Å². The molecule has 0 aliphatic carbocycles. The van der Waals surface area contributed by atoms with Gasteiger partial charge in [-0.05, 0) is 49.2 Å². The Kier molecular flexibility index (Phi) is 8.60. The molecular formula is C25H24F3NO4S. The molecule has 0 bridgehead atoms. The van der Waals surface area contributed by atoms with Crippen LogP contribution in [-0.4, -0.2) is 23.5 Å². The van der Waals surface area contributed by atoms with Gasteiger partial charge in [0.25, 0.3) is 0 Å². The topological polar surface area (TPSA) is 70.6 Å². The molecule has 0 fully saturated rings. The molecule has 3 aromatic rings. The van der Waals surface area contributed by atoms with Crippen LogP contribution in [0.2, 0.25) is 0 Å². The van der Waals surface area contributed by atoms with E-state index in [1.165, 1.54) is 18.2 Å². The second-order valence-corrected chi connectivity index (χ2v) is 8.68. The maximum atomic E-state index is 13.0. The average molecular weight is 492 g/mol. The van der Waals surface area contributed by atoms with Crippen molar-refractivity contribution in [1.82, 2.24) is 4.72 Å². The van der Waals surface area contributed by atoms with Crippen molar-refractivity contribution in [1.29, 1.82) is 0 Å². The van der Waals surface area contributed by atoms with Crippen molar-refractivity contribution in [2.45, 2.75) is 37.6 Å². The molecule has 3 aromatic carbocycles. The van der Waals surface area contributed by atoms with Crippen LogP contribution in [0.1, 0.15) is 30.5 Å². The lowest BCUT2D eigenvalue weighted by Gasteiger charge is -2.22. The standard InChI is InChI=1S/C25H24F3NO4S/c1-3-32-24(30)16-22(29-34(31)20-12-9-17(2)10-13-20)19-11-14-23(33-25(26,27)28)21(15-19)18-7-5-4-6-8-18/h4-15,22,29H,3,16H2,1-2H3/t22-,34+/m0/s1. The van der Waals surface area contributed by atoms with E-state index in [0.717, 1.165) is 5.56 Å². The van der Waals surface area contributed by atoms with Crippen molar-refractivity contribution >= 4 is 17.3 Å². The fourth-order valence-corrected chi connectivity index (χ4v) is 4.29. The van der Waals surface area contributed by atoms with Crippen LogP contribution in [0, 0.1) is 6.92 Å². The number of rotatable bonds is 9. The van der Waals surface area contributed by atoms with Crippen molar-refractivity contribution in [2.24, 2.45) is 0 Å². The molecular weight excluding hydrogens is 467 g/mol. The average Bonchev–Trinajstić information content (AvgIpc) is 2.79. The number of hydrogen-bond acceptors (Lipinski definition) is 5. The van der Waals surface area contributed by atoms with Crippen LogP contribution in [-0.2, 0) is 20.9 Å². The third-order valence-electron chi connectivity index (χ3n) is 4.88. The van der Waals surface area contributed by atoms with Gasteiger partial charge in [-0.3, -0.25) is 4.79 Å². The highest BCUT2D eigenvalue weighted by Crippen LogP contribution is 2.36. The van der Waals surface area contributed by atoms with E-state index in [4.69, 9.17) is 4.74 Å². The zero-order chi connectivity index (χ0) is 24.7. The van der Waals surface area contributed by atoms with Gasteiger partial charge in [0.15, 0.2) is 4.90 Å². The highest BCUT2D eigenvalue weighted by molar-refractivity contribution is 7.89. The summed E-state index contributed by atoms with van der Waals surface area (Å²) in [5, 5.41) is 0. The van der Waals surface area contributed by atoms with Gasteiger partial charge in [-0.25, -0.2) is 0 Å². The molecule has 0 aromatic heterocycles. The molecule has 0 saturated heterocycles. The Morgan fingerprint density at radius 3 is 2.35 bits per heavy atom. The molecule has 0 amide bonds. The number of nitrogens with one attached hydrogen (secondary N) is 1. The van der Waals surface area contributed by atoms with Gasteiger partial charge in [0.2, 0.25) is 0 Å². The number of halogens is 3. The first-order chi connectivity index (χ1) is 16.2. The van der Waals surface area contributed by atoms with Crippen molar-refractivity contribution in [3.05, 3.63) is 83.9 Å². The highest BCUT2D eigenvalue weighted by Gasteiger charge is 2.33. The Labute approximate surface area is 199 Å². The van der Waals surface area contributed by atoms with Crippen LogP contribution in [0.15, 0.2) is 77.7 Å². The molecule has 9 heteroatoms. The summed E-state index contributed by atoms with van der Waals surface area (Å²) in [6, 6.07) is 18.8. The number of carbonyl (C=O) groups excluding carboxylic acids is 1. The Morgan fingerprint density at radius 2 is 1.74 bits per heavy atom. The lowest BCUT2D eigenvalue weighted by molar-refractivity contribution is -0.274. The summed E-state index contributed by atoms with van der Waals surface area (Å²) in [6.45, 7) is 3.74. The van der Waals surface area contributed by atoms with E-state index in [9.17, 15) is 22.5 Å². The summed E-state index contributed by atoms with van der Waals surface area (Å²) < 4.78 is 64.2. The molecule has 0 heterocycles. The maximum absolute atomic E-state index is 13.0. The van der Waals surface area contributed by atoms with Crippen molar-refractivity contribution in [3.63, 3.8) is 0 Å². The lowest BCUT2D eigenvalue weighted by Crippen LogP contribution is -2.31. The molecule has 1 N–H and O–H groups in total. The smallest absolute Gasteiger partial charge is 0.573 e. The third kappa shape index (κ3) is 7.24. The number of alkyl halides is 3. The Balaban J connectivity index is 1.99. The number of ether oxygens (including phenoxy) is 2. The van der Waals surface area contributed by atoms with Gasteiger partial charge in [0.1, 0.15) is 5.75 Å². The van der Waals surface area contributed by atoms with Crippen LogP contribution >= 0.6 is 0 Å². The van der Waals surface area contributed by atoms with E-state index in [1.54, 1.807) is 49.4 Å². The number of benzene rings is 3. The van der Waals surface area contributed by atoms with E-state index in [2.05, 4.69) is 9.46 Å². The molecule has 5 nitrogen and oxygen atoms in total. The predicted octanol–water partition coefficient (Wildman–Crippen LogP) is 5.87. The van der Waals surface area contributed by atoms with Gasteiger partial charge in [-0.1, -0.05) is 54.1 Å². The molecule has 0 radical (unpaired) electrons. The molecule has 0 unspecified atom stereocenters. The van der Waals surface area contributed by atoms with Crippen molar-refractivity contribution in [3.8, 4) is 16.9 Å². The summed E-state index contributed by atoms with van der Waals surface area (Å²) in [6.07, 6.45) is -5.04. The first-order valence-corrected chi connectivity index (χ1v) is 11.7. The second-order valence-electron chi connectivity index (χ2n) is 7.43. The minimum absolute atomic E-state index is 0.167. The minimum atomic E-state index is -4.87. The Hall–Kier alpha value is -3.01. The largest absolute Gasteiger partial charge is 0.593 e. The van der Waals surface area contributed by atoms with E-state index in [-0.39, 0.29) is 24.3 Å². The zero-order valence-electron chi connectivity index (χ0n) is 18.6. The van der Waals surface area contributed by atoms with E-state index in [1.807, 2.05) is 19.1 Å². The number of carbonyl (C=O) groups is 1. The summed E-state index contributed by atoms with van der Waals surface area (Å²) in [5.74, 6) is -0.908. The van der Waals surface area contributed by atoms with Crippen LogP contribution < -0.4 is 9.46 Å². The molecule has 180 valence electrons. The zero-order valence-corrected chi connectivity index (χ0v) is 19.4. The maximum Gasteiger partial charge on any atom is 0.573 e. The summed E-state index contributed by atoms with van der Waals surface area (Å²) in [5.41, 5.74) is 2.14. The number of esters is 1. The monoisotopic (exact) mass is 491 g/mol. The molecule has 0 aliphatic rings. The summed E-state index contributed by atoms with van der Waals surface area (Å²) in [4.78, 5) is 12.8. The van der Waals surface area contributed by atoms with E-state index >= 15 is 0 Å². The highest BCUT2D eigenvalue weighted by atomic mass is 32.2. The quantitative estimate of drug-likeness (QED) is 0.300. The minimum Gasteiger partial charge on any atom is -0.593 e. The first kappa shape index (κ1) is 25.6. The van der Waals surface area contributed by atoms with Gasteiger partial charge in [0, 0.05) is 5.56 Å². The Morgan fingerprint density at radius 1 is 1.06 bits per heavy atom. The molecule has 3 rings (SSSR count). The number of aryl methyl sites for hydroxylation is 1. The first-order valence-electron chi connectivity index (χ1n) is 10.5. The Bertz CT molecular complexity index is 1090. The van der Waals surface area contributed by atoms with E-state index < -0.39 is 29.7 Å². The van der Waals surface area contributed by atoms with Crippen LogP contribution in [0.4, 0.5) is 13.2 Å². The SMILES string of the molecule is CCOC(=O)C[C@H](N[S@+]([O-])c1ccc(C)cc1)c1ccc(OC(F)(F)F)c(-c2ccccc2)c1. The molecule has 34 heavy (non-hydrogen) atoms. The number of hydrogen-bond donors (Lipinski definition) is 1. The molecule has 0 saturated carbocycles. The van der Waals surface area contributed by atoms with Crippen LogP contribution in [0.3, 0.4) is 0 Å². The fraction of sp³-hybridized carbons (Fsp3) is 0.240. The summed E-state index contributed by atoms with van der Waals surface area (Å²) >= 11 is -1.68.